The van der Waals surface area contributed by atoms with Crippen molar-refractivity contribution in [1.82, 2.24) is 9.80 Å². The summed E-state index contributed by atoms with van der Waals surface area (Å²) >= 11 is 0. The first kappa shape index (κ1) is 20.2. The number of rotatable bonds is 8. The molecule has 2 aromatic carbocycles. The molecular weight excluding hydrogens is 350 g/mol. The Labute approximate surface area is 167 Å². The van der Waals surface area contributed by atoms with Gasteiger partial charge < -0.3 is 10.2 Å². The number of amides is 1. The molecule has 148 valence electrons. The normalized spacial score (nSPS) is 15.3. The van der Waals surface area contributed by atoms with Crippen LogP contribution in [0, 0.1) is 0 Å². The van der Waals surface area contributed by atoms with Crippen molar-refractivity contribution in [2.75, 3.05) is 38.5 Å². The van der Waals surface area contributed by atoms with E-state index in [9.17, 15) is 9.59 Å². The quantitative estimate of drug-likeness (QED) is 0.714. The molecule has 0 aromatic heterocycles. The molecule has 1 aliphatic heterocycles. The molecule has 1 heterocycles. The summed E-state index contributed by atoms with van der Waals surface area (Å²) in [5.74, 6) is 0.0364. The zero-order chi connectivity index (χ0) is 19.8. The van der Waals surface area contributed by atoms with Crippen LogP contribution < -0.4 is 5.32 Å². The minimum atomic E-state index is -0.0484. The van der Waals surface area contributed by atoms with Gasteiger partial charge in [-0.3, -0.25) is 14.5 Å². The summed E-state index contributed by atoms with van der Waals surface area (Å²) in [6.07, 6.45) is 1.30. The number of ketones is 1. The summed E-state index contributed by atoms with van der Waals surface area (Å²) in [5, 5.41) is 2.92. The molecule has 1 N–H and O–H groups in total. The summed E-state index contributed by atoms with van der Waals surface area (Å²) in [4.78, 5) is 29.0. The summed E-state index contributed by atoms with van der Waals surface area (Å²) < 4.78 is 0. The van der Waals surface area contributed by atoms with Crippen LogP contribution in [-0.2, 0) is 11.3 Å². The molecule has 1 amide bonds. The molecule has 0 spiro atoms. The second-order valence-electron chi connectivity index (χ2n) is 7.47. The number of anilines is 1. The van der Waals surface area contributed by atoms with Crippen molar-refractivity contribution in [1.29, 1.82) is 0 Å². The fraction of sp³-hybridized carbons (Fsp3) is 0.391. The molecule has 0 aliphatic carbocycles. The first-order valence-electron chi connectivity index (χ1n) is 9.98. The fourth-order valence-electron chi connectivity index (χ4n) is 3.36. The number of benzene rings is 2. The first-order chi connectivity index (χ1) is 13.6. The Morgan fingerprint density at radius 2 is 1.57 bits per heavy atom. The van der Waals surface area contributed by atoms with E-state index in [2.05, 4.69) is 34.3 Å². The predicted molar refractivity (Wildman–Crippen MR) is 112 cm³/mol. The van der Waals surface area contributed by atoms with E-state index in [-0.39, 0.29) is 11.7 Å². The van der Waals surface area contributed by atoms with Gasteiger partial charge in [-0.2, -0.15) is 0 Å². The van der Waals surface area contributed by atoms with Gasteiger partial charge in [-0.25, -0.2) is 0 Å². The standard InChI is InChI=1S/C23H29N3O2/c1-25-14-16-26(17-15-25)18-19-10-12-21(13-11-19)24-23(28)9-5-8-22(27)20-6-3-2-4-7-20/h2-4,6-7,10-13H,5,8-9,14-18H2,1H3,(H,24,28). The van der Waals surface area contributed by atoms with Crippen LogP contribution in [0.3, 0.4) is 0 Å². The van der Waals surface area contributed by atoms with E-state index in [1.54, 1.807) is 0 Å². The maximum absolute atomic E-state index is 12.1. The minimum Gasteiger partial charge on any atom is -0.326 e. The van der Waals surface area contributed by atoms with Crippen LogP contribution in [0.15, 0.2) is 54.6 Å². The summed E-state index contributed by atoms with van der Waals surface area (Å²) in [6.45, 7) is 5.36. The zero-order valence-corrected chi connectivity index (χ0v) is 16.6. The van der Waals surface area contributed by atoms with E-state index in [0.717, 1.165) is 38.4 Å². The van der Waals surface area contributed by atoms with Crippen LogP contribution in [0.4, 0.5) is 5.69 Å². The molecule has 28 heavy (non-hydrogen) atoms. The number of likely N-dealkylation sites (N-methyl/N-ethyl adjacent to an activating group) is 1. The number of carbonyl (C=O) groups is 2. The Hall–Kier alpha value is -2.50. The number of Topliss-reactive ketones (excluding diaryl/α,β-unsaturated/α-hetero) is 1. The molecule has 0 saturated carbocycles. The molecule has 2 aromatic rings. The maximum atomic E-state index is 12.1. The molecule has 5 heteroatoms. The Morgan fingerprint density at radius 3 is 2.25 bits per heavy atom. The summed E-state index contributed by atoms with van der Waals surface area (Å²) in [5.41, 5.74) is 2.77. The van der Waals surface area contributed by atoms with E-state index in [4.69, 9.17) is 0 Å². The van der Waals surface area contributed by atoms with Gasteiger partial charge in [0.25, 0.3) is 0 Å². The highest BCUT2D eigenvalue weighted by molar-refractivity contribution is 5.96. The van der Waals surface area contributed by atoms with Crippen molar-refractivity contribution in [3.8, 4) is 0 Å². The Morgan fingerprint density at radius 1 is 0.893 bits per heavy atom. The highest BCUT2D eigenvalue weighted by Crippen LogP contribution is 2.14. The SMILES string of the molecule is CN1CCN(Cc2ccc(NC(=O)CCCC(=O)c3ccccc3)cc2)CC1. The van der Waals surface area contributed by atoms with E-state index < -0.39 is 0 Å². The lowest BCUT2D eigenvalue weighted by Gasteiger charge is -2.32. The summed E-state index contributed by atoms with van der Waals surface area (Å²) in [7, 11) is 2.16. The van der Waals surface area contributed by atoms with Gasteiger partial charge in [0.2, 0.25) is 5.91 Å². The molecule has 3 rings (SSSR count). The van der Waals surface area contributed by atoms with E-state index >= 15 is 0 Å². The number of hydrogen-bond acceptors (Lipinski definition) is 4. The van der Waals surface area contributed by atoms with Crippen molar-refractivity contribution in [2.24, 2.45) is 0 Å². The molecule has 0 radical (unpaired) electrons. The number of carbonyl (C=O) groups excluding carboxylic acids is 2. The highest BCUT2D eigenvalue weighted by Gasteiger charge is 2.14. The number of nitrogens with one attached hydrogen (secondary N) is 1. The Kier molecular flexibility index (Phi) is 7.34. The largest absolute Gasteiger partial charge is 0.326 e. The smallest absolute Gasteiger partial charge is 0.224 e. The van der Waals surface area contributed by atoms with Crippen LogP contribution >= 0.6 is 0 Å². The third-order valence-electron chi connectivity index (χ3n) is 5.14. The van der Waals surface area contributed by atoms with Gasteiger partial charge in [0.05, 0.1) is 0 Å². The van der Waals surface area contributed by atoms with Gasteiger partial charge in [0.15, 0.2) is 5.78 Å². The lowest BCUT2D eigenvalue weighted by molar-refractivity contribution is -0.116. The molecular formula is C23H29N3O2. The van der Waals surface area contributed by atoms with E-state index in [1.807, 2.05) is 42.5 Å². The van der Waals surface area contributed by atoms with Gasteiger partial charge in [0.1, 0.15) is 0 Å². The zero-order valence-electron chi connectivity index (χ0n) is 16.6. The molecule has 5 nitrogen and oxygen atoms in total. The van der Waals surface area contributed by atoms with Crippen LogP contribution in [0.1, 0.15) is 35.2 Å². The molecule has 0 bridgehead atoms. The van der Waals surface area contributed by atoms with Crippen LogP contribution in [0.5, 0.6) is 0 Å². The van der Waals surface area contributed by atoms with Crippen molar-refractivity contribution < 1.29 is 9.59 Å². The molecule has 1 fully saturated rings. The topological polar surface area (TPSA) is 52.6 Å². The minimum absolute atomic E-state index is 0.0484. The predicted octanol–water partition coefficient (Wildman–Crippen LogP) is 3.43. The van der Waals surface area contributed by atoms with Crippen LogP contribution in [0.2, 0.25) is 0 Å². The van der Waals surface area contributed by atoms with E-state index in [0.29, 0.717) is 24.8 Å². The number of hydrogen-bond donors (Lipinski definition) is 1. The van der Waals surface area contributed by atoms with Crippen molar-refractivity contribution in [3.63, 3.8) is 0 Å². The van der Waals surface area contributed by atoms with Crippen LogP contribution in [-0.4, -0.2) is 54.7 Å². The Balaban J connectivity index is 1.38. The van der Waals surface area contributed by atoms with Crippen LogP contribution in [0.25, 0.3) is 0 Å². The third kappa shape index (κ3) is 6.29. The van der Waals surface area contributed by atoms with Gasteiger partial charge in [-0.1, -0.05) is 42.5 Å². The molecule has 0 unspecified atom stereocenters. The lowest BCUT2D eigenvalue weighted by atomic mass is 10.1. The molecule has 0 atom stereocenters. The van der Waals surface area contributed by atoms with E-state index in [1.165, 1.54) is 5.56 Å². The second-order valence-corrected chi connectivity index (χ2v) is 7.47. The second kappa shape index (κ2) is 10.2. The maximum Gasteiger partial charge on any atom is 0.224 e. The highest BCUT2D eigenvalue weighted by atomic mass is 16.1. The molecule has 1 aliphatic rings. The van der Waals surface area contributed by atoms with Gasteiger partial charge in [0, 0.05) is 56.8 Å². The van der Waals surface area contributed by atoms with Gasteiger partial charge in [-0.15, -0.1) is 0 Å². The van der Waals surface area contributed by atoms with Gasteiger partial charge in [-0.05, 0) is 31.2 Å². The number of piperazine rings is 1. The lowest BCUT2D eigenvalue weighted by Crippen LogP contribution is -2.43. The van der Waals surface area contributed by atoms with Crippen molar-refractivity contribution in [2.45, 2.75) is 25.8 Å². The van der Waals surface area contributed by atoms with Crippen molar-refractivity contribution >= 4 is 17.4 Å². The average molecular weight is 380 g/mol. The average Bonchev–Trinajstić information content (AvgIpc) is 2.72. The first-order valence-corrected chi connectivity index (χ1v) is 9.98. The third-order valence-corrected chi connectivity index (χ3v) is 5.14. The number of nitrogens with zero attached hydrogens (tertiary/aromatic N) is 2. The fourth-order valence-corrected chi connectivity index (χ4v) is 3.36. The Bertz CT molecular complexity index is 766. The summed E-state index contributed by atoms with van der Waals surface area (Å²) in [6, 6.07) is 17.3. The molecule has 1 saturated heterocycles. The van der Waals surface area contributed by atoms with Crippen molar-refractivity contribution in [3.05, 3.63) is 65.7 Å². The van der Waals surface area contributed by atoms with Gasteiger partial charge >= 0.3 is 0 Å². The monoisotopic (exact) mass is 379 g/mol.